The first-order valence-corrected chi connectivity index (χ1v) is 6.34. The molecule has 0 aliphatic heterocycles. The Morgan fingerprint density at radius 2 is 2.06 bits per heavy atom. The SMILES string of the molecule is Cc1nc(C(=O)N[C@H](C)c2ccc(Br)cc2)co1. The van der Waals surface area contributed by atoms with Gasteiger partial charge in [0, 0.05) is 11.4 Å². The van der Waals surface area contributed by atoms with E-state index in [9.17, 15) is 4.79 Å². The first-order chi connectivity index (χ1) is 8.56. The van der Waals surface area contributed by atoms with Crippen LogP contribution in [0.25, 0.3) is 0 Å². The highest BCUT2D eigenvalue weighted by Gasteiger charge is 2.14. The molecule has 1 aromatic carbocycles. The second kappa shape index (κ2) is 5.35. The lowest BCUT2D eigenvalue weighted by Crippen LogP contribution is -2.26. The normalized spacial score (nSPS) is 12.2. The molecule has 0 saturated carbocycles. The summed E-state index contributed by atoms with van der Waals surface area (Å²) in [4.78, 5) is 15.9. The second-order valence-corrected chi connectivity index (χ2v) is 4.91. The molecule has 0 bridgehead atoms. The van der Waals surface area contributed by atoms with Crippen LogP contribution in [0.5, 0.6) is 0 Å². The molecule has 0 saturated heterocycles. The quantitative estimate of drug-likeness (QED) is 0.947. The van der Waals surface area contributed by atoms with Crippen molar-refractivity contribution in [2.75, 3.05) is 0 Å². The molecule has 0 unspecified atom stereocenters. The van der Waals surface area contributed by atoms with Gasteiger partial charge in [-0.1, -0.05) is 28.1 Å². The molecule has 1 aromatic heterocycles. The van der Waals surface area contributed by atoms with Gasteiger partial charge in [0.25, 0.3) is 5.91 Å². The van der Waals surface area contributed by atoms with Crippen LogP contribution in [0.1, 0.15) is 34.9 Å². The molecular formula is C13H13BrN2O2. The summed E-state index contributed by atoms with van der Waals surface area (Å²) < 4.78 is 6.02. The number of aromatic nitrogens is 1. The fourth-order valence-corrected chi connectivity index (χ4v) is 1.84. The predicted octanol–water partition coefficient (Wildman–Crippen LogP) is 3.24. The summed E-state index contributed by atoms with van der Waals surface area (Å²) in [6.45, 7) is 3.63. The minimum atomic E-state index is -0.234. The monoisotopic (exact) mass is 308 g/mol. The Balaban J connectivity index is 2.05. The highest BCUT2D eigenvalue weighted by Crippen LogP contribution is 2.16. The van der Waals surface area contributed by atoms with E-state index in [0.717, 1.165) is 10.0 Å². The highest BCUT2D eigenvalue weighted by molar-refractivity contribution is 9.10. The van der Waals surface area contributed by atoms with Crippen LogP contribution in [0, 0.1) is 6.92 Å². The summed E-state index contributed by atoms with van der Waals surface area (Å²) in [5, 5.41) is 2.87. The van der Waals surface area contributed by atoms with Crippen LogP contribution in [-0.4, -0.2) is 10.9 Å². The Bertz CT molecular complexity index is 548. The van der Waals surface area contributed by atoms with E-state index in [4.69, 9.17) is 4.42 Å². The zero-order valence-electron chi connectivity index (χ0n) is 10.1. The minimum absolute atomic E-state index is 0.0809. The smallest absolute Gasteiger partial charge is 0.273 e. The van der Waals surface area contributed by atoms with Gasteiger partial charge in [-0.05, 0) is 24.6 Å². The van der Waals surface area contributed by atoms with Gasteiger partial charge in [0.2, 0.25) is 0 Å². The van der Waals surface area contributed by atoms with Gasteiger partial charge in [-0.15, -0.1) is 0 Å². The van der Waals surface area contributed by atoms with Crippen molar-refractivity contribution in [1.82, 2.24) is 10.3 Å². The number of carbonyl (C=O) groups excluding carboxylic acids is 1. The van der Waals surface area contributed by atoms with Crippen molar-refractivity contribution in [3.05, 3.63) is 52.1 Å². The molecule has 2 rings (SSSR count). The molecule has 1 amide bonds. The second-order valence-electron chi connectivity index (χ2n) is 4.00. The molecule has 0 aliphatic carbocycles. The predicted molar refractivity (Wildman–Crippen MR) is 71.3 cm³/mol. The van der Waals surface area contributed by atoms with E-state index in [1.165, 1.54) is 6.26 Å². The van der Waals surface area contributed by atoms with Crippen molar-refractivity contribution in [2.45, 2.75) is 19.9 Å². The molecule has 1 N–H and O–H groups in total. The van der Waals surface area contributed by atoms with E-state index in [0.29, 0.717) is 11.6 Å². The van der Waals surface area contributed by atoms with E-state index < -0.39 is 0 Å². The Morgan fingerprint density at radius 1 is 1.39 bits per heavy atom. The summed E-state index contributed by atoms with van der Waals surface area (Å²) in [7, 11) is 0. The van der Waals surface area contributed by atoms with E-state index in [1.54, 1.807) is 6.92 Å². The highest BCUT2D eigenvalue weighted by atomic mass is 79.9. The molecule has 1 heterocycles. The summed E-state index contributed by atoms with van der Waals surface area (Å²) in [5.74, 6) is 0.249. The molecule has 0 spiro atoms. The Hall–Kier alpha value is -1.62. The molecule has 0 aliphatic rings. The van der Waals surface area contributed by atoms with Crippen LogP contribution in [0.15, 0.2) is 39.4 Å². The molecule has 18 heavy (non-hydrogen) atoms. The molecule has 0 fully saturated rings. The number of benzene rings is 1. The standard InChI is InChI=1S/C13H13BrN2O2/c1-8(10-3-5-11(14)6-4-10)15-13(17)12-7-18-9(2)16-12/h3-8H,1-2H3,(H,15,17)/t8-/m1/s1. The third kappa shape index (κ3) is 2.98. The van der Waals surface area contributed by atoms with Crippen LogP contribution >= 0.6 is 15.9 Å². The summed E-state index contributed by atoms with van der Waals surface area (Å²) >= 11 is 3.38. The topological polar surface area (TPSA) is 55.1 Å². The largest absolute Gasteiger partial charge is 0.448 e. The average molecular weight is 309 g/mol. The van der Waals surface area contributed by atoms with Crippen molar-refractivity contribution in [1.29, 1.82) is 0 Å². The Labute approximate surface area is 114 Å². The Morgan fingerprint density at radius 3 is 2.61 bits per heavy atom. The number of amides is 1. The molecule has 0 radical (unpaired) electrons. The summed E-state index contributed by atoms with van der Waals surface area (Å²) in [6.07, 6.45) is 1.36. The molecule has 4 nitrogen and oxygen atoms in total. The molecule has 5 heteroatoms. The van der Waals surface area contributed by atoms with Crippen LogP contribution in [0.2, 0.25) is 0 Å². The van der Waals surface area contributed by atoms with E-state index in [1.807, 2.05) is 31.2 Å². The number of hydrogen-bond acceptors (Lipinski definition) is 3. The fourth-order valence-electron chi connectivity index (χ4n) is 1.57. The lowest BCUT2D eigenvalue weighted by atomic mass is 10.1. The molecule has 94 valence electrons. The molecule has 1 atom stereocenters. The van der Waals surface area contributed by atoms with Crippen molar-refractivity contribution >= 4 is 21.8 Å². The van der Waals surface area contributed by atoms with Gasteiger partial charge in [-0.25, -0.2) is 4.98 Å². The maximum Gasteiger partial charge on any atom is 0.273 e. The minimum Gasteiger partial charge on any atom is -0.448 e. The average Bonchev–Trinajstić information content (AvgIpc) is 2.76. The Kier molecular flexibility index (Phi) is 3.81. The van der Waals surface area contributed by atoms with Crippen LogP contribution < -0.4 is 5.32 Å². The van der Waals surface area contributed by atoms with Gasteiger partial charge in [0.05, 0.1) is 6.04 Å². The lowest BCUT2D eigenvalue weighted by molar-refractivity contribution is 0.0935. The van der Waals surface area contributed by atoms with Gasteiger partial charge in [0.15, 0.2) is 11.6 Å². The van der Waals surface area contributed by atoms with E-state index in [-0.39, 0.29) is 11.9 Å². The van der Waals surface area contributed by atoms with Crippen molar-refractivity contribution < 1.29 is 9.21 Å². The molecular weight excluding hydrogens is 296 g/mol. The third-order valence-electron chi connectivity index (χ3n) is 2.57. The molecule has 2 aromatic rings. The number of halogens is 1. The lowest BCUT2D eigenvalue weighted by Gasteiger charge is -2.13. The summed E-state index contributed by atoms with van der Waals surface area (Å²) in [5.41, 5.74) is 1.34. The van der Waals surface area contributed by atoms with E-state index in [2.05, 4.69) is 26.2 Å². The van der Waals surface area contributed by atoms with Crippen molar-refractivity contribution in [3.63, 3.8) is 0 Å². The number of carbonyl (C=O) groups is 1. The number of nitrogens with zero attached hydrogens (tertiary/aromatic N) is 1. The van der Waals surface area contributed by atoms with Gasteiger partial charge in [-0.2, -0.15) is 0 Å². The zero-order valence-corrected chi connectivity index (χ0v) is 11.7. The van der Waals surface area contributed by atoms with Crippen molar-refractivity contribution in [2.24, 2.45) is 0 Å². The van der Waals surface area contributed by atoms with E-state index >= 15 is 0 Å². The maximum absolute atomic E-state index is 11.9. The maximum atomic E-state index is 11.9. The van der Waals surface area contributed by atoms with Gasteiger partial charge >= 0.3 is 0 Å². The first kappa shape index (κ1) is 12.8. The first-order valence-electron chi connectivity index (χ1n) is 5.54. The van der Waals surface area contributed by atoms with Crippen LogP contribution in [0.3, 0.4) is 0 Å². The fraction of sp³-hybridized carbons (Fsp3) is 0.231. The number of oxazole rings is 1. The number of rotatable bonds is 3. The van der Waals surface area contributed by atoms with Crippen LogP contribution in [-0.2, 0) is 0 Å². The number of aryl methyl sites for hydroxylation is 1. The van der Waals surface area contributed by atoms with Crippen molar-refractivity contribution in [3.8, 4) is 0 Å². The van der Waals surface area contributed by atoms with Gasteiger partial charge in [-0.3, -0.25) is 4.79 Å². The third-order valence-corrected chi connectivity index (χ3v) is 3.10. The van der Waals surface area contributed by atoms with Crippen LogP contribution in [0.4, 0.5) is 0 Å². The zero-order chi connectivity index (χ0) is 13.1. The summed E-state index contributed by atoms with van der Waals surface area (Å²) in [6, 6.07) is 7.73. The van der Waals surface area contributed by atoms with Gasteiger partial charge in [0.1, 0.15) is 6.26 Å². The number of hydrogen-bond donors (Lipinski definition) is 1. The van der Waals surface area contributed by atoms with Gasteiger partial charge < -0.3 is 9.73 Å². The number of nitrogens with one attached hydrogen (secondary N) is 1.